The van der Waals surface area contributed by atoms with Gasteiger partial charge in [-0.25, -0.2) is 0 Å². The fourth-order valence-corrected chi connectivity index (χ4v) is 2.89. The van der Waals surface area contributed by atoms with Crippen molar-refractivity contribution in [1.82, 2.24) is 5.32 Å². The lowest BCUT2D eigenvalue weighted by Gasteiger charge is -2.30. The molecule has 0 bridgehead atoms. The van der Waals surface area contributed by atoms with Gasteiger partial charge in [0.1, 0.15) is 0 Å². The Labute approximate surface area is 110 Å². The van der Waals surface area contributed by atoms with Crippen molar-refractivity contribution in [2.45, 2.75) is 57.4 Å². The van der Waals surface area contributed by atoms with Crippen LogP contribution in [0.15, 0.2) is 0 Å². The van der Waals surface area contributed by atoms with Crippen LogP contribution in [0.1, 0.15) is 51.9 Å². The molecule has 0 radical (unpaired) electrons. The molecule has 2 aliphatic carbocycles. The lowest BCUT2D eigenvalue weighted by molar-refractivity contribution is -0.123. The largest absolute Gasteiger partial charge is 0.349 e. The molecule has 2 fully saturated rings. The Bertz CT molecular complexity index is 262. The Morgan fingerprint density at radius 1 is 1.29 bits per heavy atom. The normalized spacial score (nSPS) is 23.9. The van der Waals surface area contributed by atoms with Gasteiger partial charge < -0.3 is 11.1 Å². The zero-order chi connectivity index (χ0) is 11.6. The summed E-state index contributed by atoms with van der Waals surface area (Å²) in [6.45, 7) is 2.66. The van der Waals surface area contributed by atoms with Crippen LogP contribution in [0, 0.1) is 11.8 Å². The van der Waals surface area contributed by atoms with Crippen LogP contribution in [0.5, 0.6) is 0 Å². The van der Waals surface area contributed by atoms with Crippen LogP contribution in [0.4, 0.5) is 0 Å². The number of carbonyl (C=O) groups excluding carboxylic acids is 1. The Balaban J connectivity index is 0.00000144. The van der Waals surface area contributed by atoms with Crippen LogP contribution in [-0.2, 0) is 4.79 Å². The van der Waals surface area contributed by atoms with Gasteiger partial charge in [0.05, 0.1) is 5.54 Å². The lowest BCUT2D eigenvalue weighted by atomic mass is 9.94. The van der Waals surface area contributed by atoms with E-state index in [1.165, 1.54) is 38.5 Å². The third-order valence-corrected chi connectivity index (χ3v) is 4.28. The van der Waals surface area contributed by atoms with E-state index in [4.69, 9.17) is 5.73 Å². The summed E-state index contributed by atoms with van der Waals surface area (Å²) in [5.74, 6) is 1.46. The summed E-state index contributed by atoms with van der Waals surface area (Å²) in [5.41, 5.74) is 5.65. The summed E-state index contributed by atoms with van der Waals surface area (Å²) < 4.78 is 0. The summed E-state index contributed by atoms with van der Waals surface area (Å²) >= 11 is 0. The first-order valence-electron chi connectivity index (χ1n) is 6.65. The molecule has 2 saturated carbocycles. The highest BCUT2D eigenvalue weighted by atomic mass is 35.5. The highest BCUT2D eigenvalue weighted by Gasteiger charge is 2.41. The van der Waals surface area contributed by atoms with Crippen LogP contribution in [0.2, 0.25) is 0 Å². The molecule has 1 atom stereocenters. The highest BCUT2D eigenvalue weighted by molar-refractivity contribution is 5.85. The molecule has 1 unspecified atom stereocenters. The minimum atomic E-state index is -0.143. The zero-order valence-electron chi connectivity index (χ0n) is 10.7. The molecule has 2 aliphatic rings. The number of halogens is 1. The van der Waals surface area contributed by atoms with Gasteiger partial charge in [0.25, 0.3) is 0 Å². The maximum absolute atomic E-state index is 11.9. The van der Waals surface area contributed by atoms with Crippen molar-refractivity contribution in [3.8, 4) is 0 Å². The van der Waals surface area contributed by atoms with Gasteiger partial charge in [-0.15, -0.1) is 12.4 Å². The zero-order valence-corrected chi connectivity index (χ0v) is 11.5. The third kappa shape index (κ3) is 3.85. The average molecular weight is 261 g/mol. The molecule has 0 aromatic carbocycles. The Morgan fingerprint density at radius 2 is 1.88 bits per heavy atom. The molecule has 0 aromatic rings. The first-order chi connectivity index (χ1) is 7.64. The third-order valence-electron chi connectivity index (χ3n) is 4.28. The molecule has 0 aromatic heterocycles. The van der Waals surface area contributed by atoms with Gasteiger partial charge >= 0.3 is 0 Å². The highest BCUT2D eigenvalue weighted by Crippen LogP contribution is 2.39. The van der Waals surface area contributed by atoms with Crippen LogP contribution in [-0.4, -0.2) is 18.0 Å². The average Bonchev–Trinajstić information content (AvgIpc) is 3.00. The van der Waals surface area contributed by atoms with Gasteiger partial charge in [0, 0.05) is 13.0 Å². The Hall–Kier alpha value is -0.280. The van der Waals surface area contributed by atoms with Gasteiger partial charge in [0.2, 0.25) is 5.91 Å². The lowest BCUT2D eigenvalue weighted by Crippen LogP contribution is -2.53. The predicted octanol–water partition coefficient (Wildman–Crippen LogP) is 2.23. The van der Waals surface area contributed by atoms with Gasteiger partial charge in [-0.05, 0) is 44.4 Å². The molecule has 2 rings (SSSR count). The van der Waals surface area contributed by atoms with E-state index in [2.05, 4.69) is 12.2 Å². The number of nitrogens with one attached hydrogen (secondary N) is 1. The summed E-state index contributed by atoms with van der Waals surface area (Å²) in [5, 5.41) is 3.17. The van der Waals surface area contributed by atoms with Gasteiger partial charge in [0.15, 0.2) is 0 Å². The molecule has 0 spiro atoms. The van der Waals surface area contributed by atoms with E-state index in [-0.39, 0.29) is 23.9 Å². The SMILES string of the molecule is CC(CN)(NC(=O)CC1CCCC1)C1CC1.Cl. The number of rotatable bonds is 5. The number of hydrogen-bond acceptors (Lipinski definition) is 2. The molecule has 0 aliphatic heterocycles. The van der Waals surface area contributed by atoms with Crippen molar-refractivity contribution in [3.05, 3.63) is 0 Å². The monoisotopic (exact) mass is 260 g/mol. The second-order valence-corrected chi connectivity index (χ2v) is 5.80. The van der Waals surface area contributed by atoms with Crippen molar-refractivity contribution in [2.24, 2.45) is 17.6 Å². The maximum atomic E-state index is 11.9. The van der Waals surface area contributed by atoms with Gasteiger partial charge in [-0.2, -0.15) is 0 Å². The summed E-state index contributed by atoms with van der Waals surface area (Å²) in [6, 6.07) is 0. The number of amides is 1. The standard InChI is InChI=1S/C13H24N2O.ClH/c1-13(9-14,11-6-7-11)15-12(16)8-10-4-2-3-5-10;/h10-11H,2-9,14H2,1H3,(H,15,16);1H. The van der Waals surface area contributed by atoms with E-state index in [1.54, 1.807) is 0 Å². The molecule has 3 nitrogen and oxygen atoms in total. The van der Waals surface area contributed by atoms with E-state index < -0.39 is 0 Å². The smallest absolute Gasteiger partial charge is 0.220 e. The van der Waals surface area contributed by atoms with Gasteiger partial charge in [-0.1, -0.05) is 12.8 Å². The van der Waals surface area contributed by atoms with Crippen LogP contribution in [0.3, 0.4) is 0 Å². The van der Waals surface area contributed by atoms with E-state index in [0.717, 1.165) is 0 Å². The quantitative estimate of drug-likeness (QED) is 0.797. The fourth-order valence-electron chi connectivity index (χ4n) is 2.89. The van der Waals surface area contributed by atoms with Crippen LogP contribution in [0.25, 0.3) is 0 Å². The summed E-state index contributed by atoms with van der Waals surface area (Å²) in [4.78, 5) is 11.9. The summed E-state index contributed by atoms with van der Waals surface area (Å²) in [7, 11) is 0. The Morgan fingerprint density at radius 3 is 2.35 bits per heavy atom. The van der Waals surface area contributed by atoms with Crippen molar-refractivity contribution in [2.75, 3.05) is 6.54 Å². The van der Waals surface area contributed by atoms with E-state index >= 15 is 0 Å². The molecule has 0 heterocycles. The van der Waals surface area contributed by atoms with E-state index in [9.17, 15) is 4.79 Å². The van der Waals surface area contributed by atoms with E-state index in [1.807, 2.05) is 0 Å². The van der Waals surface area contributed by atoms with Gasteiger partial charge in [-0.3, -0.25) is 4.79 Å². The van der Waals surface area contributed by atoms with Crippen molar-refractivity contribution in [1.29, 1.82) is 0 Å². The molecule has 3 N–H and O–H groups in total. The topological polar surface area (TPSA) is 55.1 Å². The van der Waals surface area contributed by atoms with Crippen LogP contribution >= 0.6 is 12.4 Å². The minimum Gasteiger partial charge on any atom is -0.349 e. The molecule has 17 heavy (non-hydrogen) atoms. The second-order valence-electron chi connectivity index (χ2n) is 5.80. The minimum absolute atomic E-state index is 0. The molecule has 4 heteroatoms. The summed E-state index contributed by atoms with van der Waals surface area (Å²) in [6.07, 6.45) is 8.22. The van der Waals surface area contributed by atoms with Crippen molar-refractivity contribution < 1.29 is 4.79 Å². The fraction of sp³-hybridized carbons (Fsp3) is 0.923. The second kappa shape index (κ2) is 6.05. The predicted molar refractivity (Wildman–Crippen MR) is 72.1 cm³/mol. The number of carbonyl (C=O) groups is 1. The molecule has 0 saturated heterocycles. The number of hydrogen-bond donors (Lipinski definition) is 2. The Kier molecular flexibility index (Phi) is 5.26. The molecule has 1 amide bonds. The first-order valence-corrected chi connectivity index (χ1v) is 6.65. The van der Waals surface area contributed by atoms with Crippen molar-refractivity contribution in [3.63, 3.8) is 0 Å². The molecular weight excluding hydrogens is 236 g/mol. The van der Waals surface area contributed by atoms with Crippen molar-refractivity contribution >= 4 is 18.3 Å². The molecular formula is C13H25ClN2O. The number of nitrogens with two attached hydrogens (primary N) is 1. The first kappa shape index (κ1) is 14.8. The maximum Gasteiger partial charge on any atom is 0.220 e. The van der Waals surface area contributed by atoms with E-state index in [0.29, 0.717) is 24.8 Å². The van der Waals surface area contributed by atoms with Crippen LogP contribution < -0.4 is 11.1 Å². The molecule has 100 valence electrons.